The highest BCUT2D eigenvalue weighted by Gasteiger charge is 2.49. The van der Waals surface area contributed by atoms with Crippen LogP contribution in [0.5, 0.6) is 6.01 Å². The summed E-state index contributed by atoms with van der Waals surface area (Å²) in [5, 5.41) is 4.98. The molecule has 4 aromatic rings. The Bertz CT molecular complexity index is 1720. The fourth-order valence-electron chi connectivity index (χ4n) is 7.02. The number of likely N-dealkylation sites (N-methyl/N-ethyl adjacent to an activating group) is 1. The summed E-state index contributed by atoms with van der Waals surface area (Å²) in [7, 11) is 1.73. The lowest BCUT2D eigenvalue weighted by atomic mass is 9.95. The summed E-state index contributed by atoms with van der Waals surface area (Å²) in [6.07, 6.45) is 7.43. The highest BCUT2D eigenvalue weighted by molar-refractivity contribution is 6.02. The molecule has 0 amide bonds. The molecule has 3 aliphatic rings. The molecular formula is C32H31F3N6O. The Morgan fingerprint density at radius 1 is 1.19 bits per heavy atom. The summed E-state index contributed by atoms with van der Waals surface area (Å²) >= 11 is 0. The van der Waals surface area contributed by atoms with E-state index in [-0.39, 0.29) is 30.4 Å². The molecule has 2 aromatic heterocycles. The van der Waals surface area contributed by atoms with Gasteiger partial charge in [-0.2, -0.15) is 9.97 Å². The van der Waals surface area contributed by atoms with E-state index in [1.165, 1.54) is 6.20 Å². The Morgan fingerprint density at radius 2 is 2.02 bits per heavy atom. The fourth-order valence-corrected chi connectivity index (χ4v) is 7.02. The van der Waals surface area contributed by atoms with Crippen LogP contribution in [0.4, 0.5) is 19.0 Å². The van der Waals surface area contributed by atoms with Crippen molar-refractivity contribution in [3.8, 4) is 29.6 Å². The number of terminal acetylenes is 1. The molecule has 2 aromatic carbocycles. The van der Waals surface area contributed by atoms with E-state index in [2.05, 4.69) is 31.1 Å². The smallest absolute Gasteiger partial charge is 0.319 e. The average Bonchev–Trinajstić information content (AvgIpc) is 3.68. The SMILES string of the molecule is C#Cc1cccc2cccc(-c3ncc4c(N(C)[C@H]5CNC[C@H]5F)nc(OC[C@@]56CCCN5C[C@H](F)C6)nc4c3F)c12. The second-order valence-corrected chi connectivity index (χ2v) is 11.6. The van der Waals surface area contributed by atoms with Gasteiger partial charge in [-0.3, -0.25) is 9.88 Å². The van der Waals surface area contributed by atoms with Gasteiger partial charge in [0.1, 0.15) is 36.0 Å². The number of aromatic nitrogens is 3. The number of rotatable bonds is 6. The van der Waals surface area contributed by atoms with Crippen molar-refractivity contribution in [3.05, 3.63) is 54.0 Å². The van der Waals surface area contributed by atoms with Gasteiger partial charge in [-0.1, -0.05) is 36.3 Å². The molecule has 0 bridgehead atoms. The number of anilines is 1. The van der Waals surface area contributed by atoms with Crippen LogP contribution in [0.2, 0.25) is 0 Å². The summed E-state index contributed by atoms with van der Waals surface area (Å²) in [6, 6.07) is 10.6. The number of halogens is 3. The van der Waals surface area contributed by atoms with E-state index in [1.807, 2.05) is 30.3 Å². The van der Waals surface area contributed by atoms with Crippen molar-refractivity contribution in [3.63, 3.8) is 0 Å². The zero-order chi connectivity index (χ0) is 29.0. The van der Waals surface area contributed by atoms with Crippen LogP contribution in [0, 0.1) is 18.2 Å². The van der Waals surface area contributed by atoms with Gasteiger partial charge in [-0.15, -0.1) is 6.42 Å². The number of nitrogens with zero attached hydrogens (tertiary/aromatic N) is 5. The van der Waals surface area contributed by atoms with Crippen molar-refractivity contribution in [2.75, 3.05) is 44.7 Å². The number of alkyl halides is 2. The molecule has 0 saturated carbocycles. The van der Waals surface area contributed by atoms with Crippen molar-refractivity contribution < 1.29 is 17.9 Å². The molecule has 216 valence electrons. The van der Waals surface area contributed by atoms with Gasteiger partial charge in [-0.05, 0) is 30.8 Å². The van der Waals surface area contributed by atoms with E-state index in [0.29, 0.717) is 41.8 Å². The highest BCUT2D eigenvalue weighted by Crippen LogP contribution is 2.41. The second-order valence-electron chi connectivity index (χ2n) is 11.6. The Hall–Kier alpha value is -3.94. The normalized spacial score (nSPS) is 25.6. The Labute approximate surface area is 242 Å². The van der Waals surface area contributed by atoms with Crippen LogP contribution in [0.15, 0.2) is 42.6 Å². The van der Waals surface area contributed by atoms with Crippen LogP contribution in [-0.4, -0.2) is 83.6 Å². The Balaban J connectivity index is 1.36. The second kappa shape index (κ2) is 10.4. The lowest BCUT2D eigenvalue weighted by Gasteiger charge is -2.31. The first kappa shape index (κ1) is 26.9. The maximum absolute atomic E-state index is 16.6. The average molecular weight is 573 g/mol. The van der Waals surface area contributed by atoms with E-state index in [4.69, 9.17) is 11.2 Å². The minimum Gasteiger partial charge on any atom is -0.461 e. The van der Waals surface area contributed by atoms with Crippen LogP contribution >= 0.6 is 0 Å². The molecule has 3 saturated heterocycles. The predicted octanol–water partition coefficient (Wildman–Crippen LogP) is 4.67. The molecule has 0 unspecified atom stereocenters. The molecule has 7 nitrogen and oxygen atoms in total. The van der Waals surface area contributed by atoms with Gasteiger partial charge in [0.2, 0.25) is 0 Å². The third kappa shape index (κ3) is 4.34. The van der Waals surface area contributed by atoms with Gasteiger partial charge in [0.25, 0.3) is 0 Å². The van der Waals surface area contributed by atoms with Crippen LogP contribution in [0.3, 0.4) is 0 Å². The zero-order valence-electron chi connectivity index (χ0n) is 23.3. The van der Waals surface area contributed by atoms with Crippen molar-refractivity contribution >= 4 is 27.5 Å². The minimum atomic E-state index is -1.13. The third-order valence-electron chi connectivity index (χ3n) is 9.13. The summed E-state index contributed by atoms with van der Waals surface area (Å²) in [5.74, 6) is 2.36. The number of nitrogens with one attached hydrogen (secondary N) is 1. The minimum absolute atomic E-state index is 0.0129. The van der Waals surface area contributed by atoms with Crippen molar-refractivity contribution in [1.29, 1.82) is 0 Å². The quantitative estimate of drug-likeness (QED) is 0.337. The zero-order valence-corrected chi connectivity index (χ0v) is 23.3. The fraction of sp³-hybridized carbons (Fsp3) is 0.406. The predicted molar refractivity (Wildman–Crippen MR) is 157 cm³/mol. The van der Waals surface area contributed by atoms with Crippen molar-refractivity contribution in [1.82, 2.24) is 25.2 Å². The molecule has 7 rings (SSSR count). The molecule has 0 aliphatic carbocycles. The van der Waals surface area contributed by atoms with E-state index in [9.17, 15) is 8.78 Å². The Kier molecular flexibility index (Phi) is 6.67. The van der Waals surface area contributed by atoms with Gasteiger partial charge in [0, 0.05) is 55.8 Å². The molecule has 3 aliphatic heterocycles. The third-order valence-corrected chi connectivity index (χ3v) is 9.13. The molecule has 4 atom stereocenters. The molecule has 42 heavy (non-hydrogen) atoms. The summed E-state index contributed by atoms with van der Waals surface area (Å²) in [6.45, 7) is 2.02. The standard InChI is InChI=1S/C32H31F3N6O/c1-3-19-7-4-8-20-9-5-10-22(26(19)20)28-27(35)29-23(14-37-28)30(40(2)25-16-36-15-24(25)34)39-31(38-29)42-18-32-11-6-12-41(32)17-21(33)13-32/h1,4-5,7-10,14,21,24-25,36H,6,11-13,15-18H2,2H3/t21-,24-,25+,32+/m1/s1. The van der Waals surface area contributed by atoms with Crippen LogP contribution in [0.25, 0.3) is 32.9 Å². The number of hydrogen-bond donors (Lipinski definition) is 1. The van der Waals surface area contributed by atoms with Gasteiger partial charge in [0.15, 0.2) is 5.82 Å². The van der Waals surface area contributed by atoms with Crippen LogP contribution in [0.1, 0.15) is 24.8 Å². The molecule has 0 spiro atoms. The topological polar surface area (TPSA) is 66.4 Å². The van der Waals surface area contributed by atoms with E-state index >= 15 is 4.39 Å². The lowest BCUT2D eigenvalue weighted by Crippen LogP contribution is -2.43. The maximum atomic E-state index is 16.6. The first-order valence-electron chi connectivity index (χ1n) is 14.3. The number of hydrogen-bond acceptors (Lipinski definition) is 7. The van der Waals surface area contributed by atoms with E-state index < -0.39 is 29.7 Å². The number of fused-ring (bicyclic) bond motifs is 3. The highest BCUT2D eigenvalue weighted by atomic mass is 19.1. The van der Waals surface area contributed by atoms with Crippen molar-refractivity contribution in [2.24, 2.45) is 0 Å². The molecule has 0 radical (unpaired) electrons. The number of ether oxygens (including phenoxy) is 1. The van der Waals surface area contributed by atoms with Gasteiger partial charge >= 0.3 is 6.01 Å². The summed E-state index contributed by atoms with van der Waals surface area (Å²) in [5.41, 5.74) is 0.846. The number of pyridine rings is 1. The monoisotopic (exact) mass is 572 g/mol. The van der Waals surface area contributed by atoms with Crippen LogP contribution < -0.4 is 15.0 Å². The Morgan fingerprint density at radius 3 is 2.81 bits per heavy atom. The first-order chi connectivity index (χ1) is 20.4. The largest absolute Gasteiger partial charge is 0.461 e. The van der Waals surface area contributed by atoms with Gasteiger partial charge in [-0.25, -0.2) is 13.2 Å². The van der Waals surface area contributed by atoms with E-state index in [1.54, 1.807) is 18.0 Å². The van der Waals surface area contributed by atoms with Gasteiger partial charge in [0.05, 0.1) is 17.0 Å². The summed E-state index contributed by atoms with van der Waals surface area (Å²) in [4.78, 5) is 17.5. The first-order valence-corrected chi connectivity index (χ1v) is 14.3. The van der Waals surface area contributed by atoms with Gasteiger partial charge < -0.3 is 15.0 Å². The van der Waals surface area contributed by atoms with E-state index in [0.717, 1.165) is 30.2 Å². The summed E-state index contributed by atoms with van der Waals surface area (Å²) < 4.78 is 51.9. The molecule has 5 heterocycles. The number of benzene rings is 2. The molecule has 10 heteroatoms. The molecule has 1 N–H and O–H groups in total. The lowest BCUT2D eigenvalue weighted by molar-refractivity contribution is 0.107. The van der Waals surface area contributed by atoms with Crippen molar-refractivity contribution in [2.45, 2.75) is 43.2 Å². The molecular weight excluding hydrogens is 541 g/mol. The maximum Gasteiger partial charge on any atom is 0.319 e. The van der Waals surface area contributed by atoms with Crippen LogP contribution in [-0.2, 0) is 0 Å². The molecule has 3 fully saturated rings.